The zero-order chi connectivity index (χ0) is 14.3. The summed E-state index contributed by atoms with van der Waals surface area (Å²) in [4.78, 5) is 4.26. The number of hydrogen-bond acceptors (Lipinski definition) is 4. The molecule has 0 radical (unpaired) electrons. The van der Waals surface area contributed by atoms with Gasteiger partial charge >= 0.3 is 0 Å². The highest BCUT2D eigenvalue weighted by molar-refractivity contribution is 7.90. The van der Waals surface area contributed by atoms with Gasteiger partial charge in [-0.3, -0.25) is 4.99 Å². The third kappa shape index (κ3) is 7.37. The largest absolute Gasteiger partial charge is 0.393 e. The van der Waals surface area contributed by atoms with Crippen LogP contribution in [0, 0.1) is 0 Å². The number of nitrogens with one attached hydrogen (secondary N) is 2. The van der Waals surface area contributed by atoms with Crippen molar-refractivity contribution in [3.8, 4) is 0 Å². The second-order valence-corrected chi connectivity index (χ2v) is 7.30. The molecule has 0 aliphatic heterocycles. The van der Waals surface area contributed by atoms with Crippen molar-refractivity contribution in [2.75, 3.05) is 25.1 Å². The quantitative estimate of drug-likeness (QED) is 0.486. The molecule has 1 saturated carbocycles. The molecule has 0 atom stereocenters. The van der Waals surface area contributed by atoms with Gasteiger partial charge in [0.15, 0.2) is 5.96 Å². The molecule has 0 aromatic rings. The van der Waals surface area contributed by atoms with E-state index in [1.807, 2.05) is 6.92 Å². The van der Waals surface area contributed by atoms with Crippen molar-refractivity contribution in [1.82, 2.24) is 10.6 Å². The predicted molar refractivity (Wildman–Crippen MR) is 77.1 cm³/mol. The smallest absolute Gasteiger partial charge is 0.191 e. The first kappa shape index (κ1) is 16.2. The van der Waals surface area contributed by atoms with Crippen LogP contribution in [0.5, 0.6) is 0 Å². The minimum Gasteiger partial charge on any atom is -0.393 e. The molecule has 0 spiro atoms. The molecule has 1 aliphatic rings. The molecule has 0 bridgehead atoms. The van der Waals surface area contributed by atoms with E-state index < -0.39 is 9.84 Å². The number of aliphatic hydroxyl groups excluding tert-OH is 1. The van der Waals surface area contributed by atoms with Crippen molar-refractivity contribution in [2.24, 2.45) is 4.99 Å². The molecular formula is C12H25N3O3S. The van der Waals surface area contributed by atoms with Crippen molar-refractivity contribution < 1.29 is 13.5 Å². The highest BCUT2D eigenvalue weighted by Crippen LogP contribution is 2.18. The first-order chi connectivity index (χ1) is 8.90. The lowest BCUT2D eigenvalue weighted by molar-refractivity contribution is 0.120. The minimum atomic E-state index is -2.97. The number of rotatable bonds is 5. The van der Waals surface area contributed by atoms with Gasteiger partial charge in [-0.1, -0.05) is 0 Å². The van der Waals surface area contributed by atoms with E-state index in [2.05, 4.69) is 15.6 Å². The monoisotopic (exact) mass is 291 g/mol. The van der Waals surface area contributed by atoms with Crippen LogP contribution in [-0.4, -0.2) is 56.7 Å². The molecular weight excluding hydrogens is 266 g/mol. The van der Waals surface area contributed by atoms with Gasteiger partial charge in [0.05, 0.1) is 18.4 Å². The number of guanidine groups is 1. The summed E-state index contributed by atoms with van der Waals surface area (Å²) in [7, 11) is -2.97. The van der Waals surface area contributed by atoms with Gasteiger partial charge in [0.25, 0.3) is 0 Å². The summed E-state index contributed by atoms with van der Waals surface area (Å²) in [5.41, 5.74) is 0. The summed E-state index contributed by atoms with van der Waals surface area (Å²) >= 11 is 0. The van der Waals surface area contributed by atoms with Gasteiger partial charge in [-0.15, -0.1) is 0 Å². The van der Waals surface area contributed by atoms with Crippen LogP contribution in [0.4, 0.5) is 0 Å². The van der Waals surface area contributed by atoms with Crippen LogP contribution >= 0.6 is 0 Å². The second-order valence-electron chi connectivity index (χ2n) is 5.04. The van der Waals surface area contributed by atoms with Gasteiger partial charge in [0, 0.05) is 18.8 Å². The SMILES string of the molecule is CCNC(=NCCS(C)(=O)=O)NC1CCC(O)CC1. The van der Waals surface area contributed by atoms with E-state index >= 15 is 0 Å². The Balaban J connectivity index is 2.45. The number of nitrogens with zero attached hydrogens (tertiary/aromatic N) is 1. The van der Waals surface area contributed by atoms with E-state index in [9.17, 15) is 13.5 Å². The normalized spacial score (nSPS) is 25.1. The van der Waals surface area contributed by atoms with Crippen LogP contribution in [0.1, 0.15) is 32.6 Å². The van der Waals surface area contributed by atoms with Gasteiger partial charge < -0.3 is 15.7 Å². The Hall–Kier alpha value is -0.820. The Morgan fingerprint density at radius 2 is 1.95 bits per heavy atom. The summed E-state index contributed by atoms with van der Waals surface area (Å²) in [6.45, 7) is 2.97. The third-order valence-corrected chi connectivity index (χ3v) is 4.04. The van der Waals surface area contributed by atoms with Gasteiger partial charge in [0.1, 0.15) is 9.84 Å². The maximum atomic E-state index is 11.1. The topological polar surface area (TPSA) is 90.8 Å². The molecule has 112 valence electrons. The molecule has 0 amide bonds. The Bertz CT molecular complexity index is 387. The van der Waals surface area contributed by atoms with Crippen LogP contribution in [-0.2, 0) is 9.84 Å². The first-order valence-electron chi connectivity index (χ1n) is 6.81. The van der Waals surface area contributed by atoms with Gasteiger partial charge in [-0.05, 0) is 32.6 Å². The standard InChI is InChI=1S/C12H25N3O3S/c1-3-13-12(14-8-9-19(2,17)18)15-10-4-6-11(16)7-5-10/h10-11,16H,3-9H2,1-2H3,(H2,13,14,15). The maximum absolute atomic E-state index is 11.1. The fourth-order valence-corrected chi connectivity index (χ4v) is 2.48. The minimum absolute atomic E-state index is 0.0625. The molecule has 0 unspecified atom stereocenters. The molecule has 0 saturated heterocycles. The molecule has 0 aromatic heterocycles. The van der Waals surface area contributed by atoms with E-state index in [-0.39, 0.29) is 18.4 Å². The van der Waals surface area contributed by atoms with E-state index in [4.69, 9.17) is 0 Å². The molecule has 19 heavy (non-hydrogen) atoms. The highest BCUT2D eigenvalue weighted by Gasteiger charge is 2.19. The average molecular weight is 291 g/mol. The molecule has 3 N–H and O–H groups in total. The number of hydrogen-bond donors (Lipinski definition) is 3. The Morgan fingerprint density at radius 3 is 2.47 bits per heavy atom. The summed E-state index contributed by atoms with van der Waals surface area (Å²) in [6, 6.07) is 0.305. The average Bonchev–Trinajstić information content (AvgIpc) is 2.30. The van der Waals surface area contributed by atoms with Gasteiger partial charge in [-0.25, -0.2) is 8.42 Å². The highest BCUT2D eigenvalue weighted by atomic mass is 32.2. The van der Waals surface area contributed by atoms with Crippen LogP contribution in [0.2, 0.25) is 0 Å². The van der Waals surface area contributed by atoms with E-state index in [0.717, 1.165) is 32.2 Å². The van der Waals surface area contributed by atoms with Gasteiger partial charge in [-0.2, -0.15) is 0 Å². The first-order valence-corrected chi connectivity index (χ1v) is 8.87. The van der Waals surface area contributed by atoms with Crippen LogP contribution in [0.15, 0.2) is 4.99 Å². The lowest BCUT2D eigenvalue weighted by Crippen LogP contribution is -2.45. The van der Waals surface area contributed by atoms with Crippen LogP contribution in [0.25, 0.3) is 0 Å². The maximum Gasteiger partial charge on any atom is 0.191 e. The van der Waals surface area contributed by atoms with E-state index in [1.54, 1.807) is 0 Å². The Morgan fingerprint density at radius 1 is 1.32 bits per heavy atom. The van der Waals surface area contributed by atoms with Crippen molar-refractivity contribution in [3.63, 3.8) is 0 Å². The van der Waals surface area contributed by atoms with Crippen molar-refractivity contribution in [3.05, 3.63) is 0 Å². The van der Waals surface area contributed by atoms with Gasteiger partial charge in [0.2, 0.25) is 0 Å². The zero-order valence-electron chi connectivity index (χ0n) is 11.7. The lowest BCUT2D eigenvalue weighted by Gasteiger charge is -2.27. The fraction of sp³-hybridized carbons (Fsp3) is 0.917. The molecule has 7 heteroatoms. The molecule has 6 nitrogen and oxygen atoms in total. The summed E-state index contributed by atoms with van der Waals surface area (Å²) < 4.78 is 22.1. The third-order valence-electron chi connectivity index (χ3n) is 3.11. The Kier molecular flexibility index (Phi) is 6.57. The molecule has 1 fully saturated rings. The fourth-order valence-electron chi connectivity index (χ4n) is 2.06. The summed E-state index contributed by atoms with van der Waals surface area (Å²) in [5.74, 6) is 0.722. The predicted octanol–water partition coefficient (Wildman–Crippen LogP) is -0.110. The lowest BCUT2D eigenvalue weighted by atomic mass is 9.93. The summed E-state index contributed by atoms with van der Waals surface area (Å²) in [5, 5.41) is 15.9. The number of aliphatic hydroxyl groups is 1. The molecule has 0 heterocycles. The molecule has 1 rings (SSSR count). The van der Waals surface area contributed by atoms with Crippen LogP contribution < -0.4 is 10.6 Å². The number of aliphatic imine (C=N–C) groups is 1. The number of sulfone groups is 1. The second kappa shape index (κ2) is 7.69. The molecule has 0 aromatic carbocycles. The summed E-state index contributed by atoms with van der Waals surface area (Å²) in [6.07, 6.45) is 4.48. The van der Waals surface area contributed by atoms with Crippen LogP contribution in [0.3, 0.4) is 0 Å². The zero-order valence-corrected chi connectivity index (χ0v) is 12.5. The molecule has 1 aliphatic carbocycles. The Labute approximate surface area is 115 Å². The van der Waals surface area contributed by atoms with Crippen molar-refractivity contribution in [2.45, 2.75) is 44.8 Å². The van der Waals surface area contributed by atoms with Crippen molar-refractivity contribution in [1.29, 1.82) is 0 Å². The van der Waals surface area contributed by atoms with E-state index in [1.165, 1.54) is 6.26 Å². The van der Waals surface area contributed by atoms with Crippen molar-refractivity contribution >= 4 is 15.8 Å². The van der Waals surface area contributed by atoms with E-state index in [0.29, 0.717) is 12.0 Å².